The minimum Gasteiger partial charge on any atom is -0.497 e. The Kier molecular flexibility index (Phi) is 5.98. The van der Waals surface area contributed by atoms with Crippen molar-refractivity contribution in [1.82, 2.24) is 19.0 Å². The quantitative estimate of drug-likeness (QED) is 0.601. The molecule has 1 saturated heterocycles. The Morgan fingerprint density at radius 2 is 2.03 bits per heavy atom. The summed E-state index contributed by atoms with van der Waals surface area (Å²) in [6, 6.07) is 8.99. The number of rotatable bonds is 5. The van der Waals surface area contributed by atoms with Crippen molar-refractivity contribution in [3.63, 3.8) is 0 Å². The molecule has 0 radical (unpaired) electrons. The van der Waals surface area contributed by atoms with Gasteiger partial charge in [0, 0.05) is 39.7 Å². The number of aromatic nitrogens is 3. The number of hydrogen-bond donors (Lipinski definition) is 0. The number of piperidine rings is 1. The molecule has 4 rings (SSSR count). The van der Waals surface area contributed by atoms with Gasteiger partial charge < -0.3 is 14.1 Å². The summed E-state index contributed by atoms with van der Waals surface area (Å²) in [5, 5.41) is 0. The van der Waals surface area contributed by atoms with Crippen molar-refractivity contribution in [3.05, 3.63) is 80.3 Å². The smallest absolute Gasteiger partial charge is 0.331 e. The highest BCUT2D eigenvalue weighted by Gasteiger charge is 2.29. The van der Waals surface area contributed by atoms with Gasteiger partial charge in [0.15, 0.2) is 5.89 Å². The topological polar surface area (TPSA) is 99.6 Å². The van der Waals surface area contributed by atoms with Crippen LogP contribution in [-0.2, 0) is 20.5 Å². The van der Waals surface area contributed by atoms with Gasteiger partial charge >= 0.3 is 5.69 Å². The summed E-state index contributed by atoms with van der Waals surface area (Å²) in [6.07, 6.45) is 3.94. The molecule has 1 aromatic carbocycles. The molecule has 168 valence electrons. The molecule has 1 aliphatic heterocycles. The molecule has 9 heteroatoms. The van der Waals surface area contributed by atoms with Crippen molar-refractivity contribution in [2.45, 2.75) is 25.2 Å². The second kappa shape index (κ2) is 8.86. The van der Waals surface area contributed by atoms with Crippen LogP contribution in [0.4, 0.5) is 0 Å². The number of methoxy groups -OCH3 is 1. The average Bonchev–Trinajstić information content (AvgIpc) is 3.28. The van der Waals surface area contributed by atoms with E-state index in [1.54, 1.807) is 18.2 Å². The Hall–Kier alpha value is -3.62. The summed E-state index contributed by atoms with van der Waals surface area (Å²) < 4.78 is 13.5. The lowest BCUT2D eigenvalue weighted by atomic mass is 9.97. The first kappa shape index (κ1) is 21.6. The molecule has 0 unspecified atom stereocenters. The Labute approximate surface area is 184 Å². The fourth-order valence-electron chi connectivity index (χ4n) is 4.04. The maximum atomic E-state index is 13.1. The first-order chi connectivity index (χ1) is 15.4. The molecule has 2 aromatic heterocycles. The normalized spacial score (nSPS) is 16.2. The number of hydrogen-bond acceptors (Lipinski definition) is 6. The van der Waals surface area contributed by atoms with Crippen LogP contribution in [0.1, 0.15) is 46.5 Å². The van der Waals surface area contributed by atoms with Gasteiger partial charge in [-0.05, 0) is 30.5 Å². The van der Waals surface area contributed by atoms with Crippen LogP contribution in [0.15, 0.2) is 50.5 Å². The molecule has 1 aliphatic rings. The molecule has 0 saturated carbocycles. The number of oxazole rings is 1. The lowest BCUT2D eigenvalue weighted by Gasteiger charge is -2.31. The standard InChI is InChI=1S/C23H26N4O5/c1-25-19(12-20(28)26(2)23(25)30)22(29)27-9-5-7-16(14-27)21-24-13-18(32-21)11-15-6-4-8-17(10-15)31-3/h4,6,8,10,12-13,16H,5,7,9,11,14H2,1-3H3/t16-/m0/s1. The highest BCUT2D eigenvalue weighted by atomic mass is 16.5. The second-order valence-corrected chi connectivity index (χ2v) is 8.05. The zero-order valence-corrected chi connectivity index (χ0v) is 18.4. The van der Waals surface area contributed by atoms with E-state index < -0.39 is 11.2 Å². The number of likely N-dealkylation sites (tertiary alicyclic amines) is 1. The van der Waals surface area contributed by atoms with Gasteiger partial charge in [-0.15, -0.1) is 0 Å². The molecule has 3 aromatic rings. The molecule has 1 fully saturated rings. The predicted octanol–water partition coefficient (Wildman–Crippen LogP) is 1.69. The van der Waals surface area contributed by atoms with Crippen molar-refractivity contribution < 1.29 is 13.9 Å². The van der Waals surface area contributed by atoms with Crippen molar-refractivity contribution >= 4 is 5.91 Å². The van der Waals surface area contributed by atoms with Gasteiger partial charge in [0.2, 0.25) is 0 Å². The zero-order valence-electron chi connectivity index (χ0n) is 18.4. The largest absolute Gasteiger partial charge is 0.497 e. The number of ether oxygens (including phenoxy) is 1. The third-order valence-corrected chi connectivity index (χ3v) is 5.89. The van der Waals surface area contributed by atoms with Crippen molar-refractivity contribution in [2.75, 3.05) is 20.2 Å². The van der Waals surface area contributed by atoms with Crippen LogP contribution >= 0.6 is 0 Å². The van der Waals surface area contributed by atoms with E-state index in [-0.39, 0.29) is 17.5 Å². The fourth-order valence-corrected chi connectivity index (χ4v) is 4.04. The Morgan fingerprint density at radius 3 is 2.81 bits per heavy atom. The number of carbonyl (C=O) groups is 1. The highest BCUT2D eigenvalue weighted by Crippen LogP contribution is 2.28. The number of nitrogens with zero attached hydrogens (tertiary/aromatic N) is 4. The number of carbonyl (C=O) groups excluding carboxylic acids is 1. The minimum absolute atomic E-state index is 0.0460. The molecular formula is C23H26N4O5. The molecule has 1 atom stereocenters. The van der Waals surface area contributed by atoms with Gasteiger partial charge in [0.25, 0.3) is 11.5 Å². The van der Waals surface area contributed by atoms with Gasteiger partial charge in [0.1, 0.15) is 17.2 Å². The third-order valence-electron chi connectivity index (χ3n) is 5.89. The van der Waals surface area contributed by atoms with Crippen molar-refractivity contribution in [1.29, 1.82) is 0 Å². The molecular weight excluding hydrogens is 412 g/mol. The average molecular weight is 438 g/mol. The summed E-state index contributed by atoms with van der Waals surface area (Å²) >= 11 is 0. The van der Waals surface area contributed by atoms with Gasteiger partial charge in [-0.3, -0.25) is 18.7 Å². The second-order valence-electron chi connectivity index (χ2n) is 8.05. The van der Waals surface area contributed by atoms with Crippen LogP contribution in [0.3, 0.4) is 0 Å². The molecule has 0 N–H and O–H groups in total. The Balaban J connectivity index is 1.49. The van der Waals surface area contributed by atoms with Gasteiger partial charge in [-0.2, -0.15) is 0 Å². The first-order valence-electron chi connectivity index (χ1n) is 10.5. The van der Waals surface area contributed by atoms with Crippen LogP contribution in [-0.4, -0.2) is 45.1 Å². The maximum Gasteiger partial charge on any atom is 0.331 e. The predicted molar refractivity (Wildman–Crippen MR) is 117 cm³/mol. The van der Waals surface area contributed by atoms with E-state index in [0.29, 0.717) is 25.4 Å². The van der Waals surface area contributed by atoms with Gasteiger partial charge in [0.05, 0.1) is 19.2 Å². The molecule has 0 aliphatic carbocycles. The van der Waals surface area contributed by atoms with Gasteiger partial charge in [-0.25, -0.2) is 9.78 Å². The summed E-state index contributed by atoms with van der Waals surface area (Å²) in [4.78, 5) is 43.4. The lowest BCUT2D eigenvalue weighted by Crippen LogP contribution is -2.44. The highest BCUT2D eigenvalue weighted by molar-refractivity contribution is 5.92. The van der Waals surface area contributed by atoms with E-state index in [0.717, 1.165) is 34.5 Å². The van der Waals surface area contributed by atoms with Crippen LogP contribution in [0.2, 0.25) is 0 Å². The molecule has 1 amide bonds. The minimum atomic E-state index is -0.524. The number of benzene rings is 1. The molecule has 32 heavy (non-hydrogen) atoms. The van der Waals surface area contributed by atoms with Crippen LogP contribution in [0.25, 0.3) is 0 Å². The lowest BCUT2D eigenvalue weighted by molar-refractivity contribution is 0.0685. The number of amides is 1. The van der Waals surface area contributed by atoms with E-state index in [1.165, 1.54) is 24.7 Å². The summed E-state index contributed by atoms with van der Waals surface area (Å²) in [7, 11) is 4.52. The monoisotopic (exact) mass is 438 g/mol. The van der Waals surface area contributed by atoms with Crippen molar-refractivity contribution in [2.24, 2.45) is 14.1 Å². The summed E-state index contributed by atoms with van der Waals surface area (Å²) in [5.41, 5.74) is 0.119. The molecule has 0 bridgehead atoms. The van der Waals surface area contributed by atoms with E-state index in [2.05, 4.69) is 4.98 Å². The van der Waals surface area contributed by atoms with E-state index in [4.69, 9.17) is 9.15 Å². The third kappa shape index (κ3) is 4.23. The summed E-state index contributed by atoms with van der Waals surface area (Å²) in [5.74, 6) is 1.74. The SMILES string of the molecule is COc1cccc(Cc2cnc([C@H]3CCCN(C(=O)c4cc(=O)n(C)c(=O)n4C)C3)o2)c1. The molecule has 3 heterocycles. The van der Waals surface area contributed by atoms with Crippen LogP contribution in [0, 0.1) is 0 Å². The fraction of sp³-hybridized carbons (Fsp3) is 0.391. The Morgan fingerprint density at radius 1 is 1.22 bits per heavy atom. The van der Waals surface area contributed by atoms with E-state index in [9.17, 15) is 14.4 Å². The summed E-state index contributed by atoms with van der Waals surface area (Å²) in [6.45, 7) is 0.970. The van der Waals surface area contributed by atoms with Crippen LogP contribution in [0.5, 0.6) is 5.75 Å². The Bertz CT molecular complexity index is 1260. The first-order valence-corrected chi connectivity index (χ1v) is 10.5. The van der Waals surface area contributed by atoms with Crippen molar-refractivity contribution in [3.8, 4) is 5.75 Å². The van der Waals surface area contributed by atoms with E-state index in [1.807, 2.05) is 24.3 Å². The molecule has 0 spiro atoms. The maximum absolute atomic E-state index is 13.1. The van der Waals surface area contributed by atoms with E-state index >= 15 is 0 Å². The van der Waals surface area contributed by atoms with Crippen LogP contribution < -0.4 is 16.0 Å². The van der Waals surface area contributed by atoms with Gasteiger partial charge in [-0.1, -0.05) is 12.1 Å². The zero-order chi connectivity index (χ0) is 22.8. The molecule has 9 nitrogen and oxygen atoms in total.